The standard InChI is InChI=1S/C7H10O/c1-2-6-4-3-5-7(6)8/h2-3,5-8H,1,4H2. The van der Waals surface area contributed by atoms with Crippen LogP contribution in [0, 0.1) is 5.92 Å². The first-order valence-corrected chi connectivity index (χ1v) is 2.82. The van der Waals surface area contributed by atoms with Crippen LogP contribution in [0.3, 0.4) is 0 Å². The van der Waals surface area contributed by atoms with Crippen molar-refractivity contribution in [2.24, 2.45) is 5.92 Å². The molecule has 0 spiro atoms. The minimum absolute atomic E-state index is 0.271. The van der Waals surface area contributed by atoms with Gasteiger partial charge in [0.1, 0.15) is 0 Å². The molecule has 0 fully saturated rings. The van der Waals surface area contributed by atoms with E-state index in [-0.39, 0.29) is 12.0 Å². The molecule has 8 heavy (non-hydrogen) atoms. The zero-order valence-corrected chi connectivity index (χ0v) is 4.75. The van der Waals surface area contributed by atoms with E-state index < -0.39 is 0 Å². The summed E-state index contributed by atoms with van der Waals surface area (Å²) < 4.78 is 0. The monoisotopic (exact) mass is 110 g/mol. The van der Waals surface area contributed by atoms with E-state index >= 15 is 0 Å². The molecule has 0 radical (unpaired) electrons. The molecule has 0 amide bonds. The molecular weight excluding hydrogens is 100 g/mol. The molecular formula is C7H10O. The lowest BCUT2D eigenvalue weighted by Gasteiger charge is -2.05. The summed E-state index contributed by atoms with van der Waals surface area (Å²) in [6.45, 7) is 3.59. The van der Waals surface area contributed by atoms with Gasteiger partial charge in [0.05, 0.1) is 6.10 Å². The number of aliphatic hydroxyl groups excluding tert-OH is 1. The van der Waals surface area contributed by atoms with Crippen molar-refractivity contribution in [1.82, 2.24) is 0 Å². The van der Waals surface area contributed by atoms with Gasteiger partial charge < -0.3 is 5.11 Å². The predicted octanol–water partition coefficient (Wildman–Crippen LogP) is 1.11. The summed E-state index contributed by atoms with van der Waals surface area (Å²) in [5.41, 5.74) is 0. The quantitative estimate of drug-likeness (QED) is 0.501. The minimum atomic E-state index is -0.271. The Morgan fingerprint density at radius 3 is 2.75 bits per heavy atom. The van der Waals surface area contributed by atoms with Crippen LogP contribution in [0.15, 0.2) is 24.8 Å². The summed E-state index contributed by atoms with van der Waals surface area (Å²) in [5.74, 6) is 0.273. The van der Waals surface area contributed by atoms with Gasteiger partial charge in [0, 0.05) is 5.92 Å². The lowest BCUT2D eigenvalue weighted by Crippen LogP contribution is -2.09. The molecule has 2 unspecified atom stereocenters. The first-order chi connectivity index (χ1) is 3.84. The molecule has 1 rings (SSSR count). The topological polar surface area (TPSA) is 20.2 Å². The SMILES string of the molecule is C=CC1CC=CC1O. The molecule has 0 aromatic rings. The second kappa shape index (κ2) is 2.14. The molecule has 0 aliphatic heterocycles. The second-order valence-corrected chi connectivity index (χ2v) is 2.05. The largest absolute Gasteiger partial charge is 0.388 e. The Hall–Kier alpha value is -0.560. The van der Waals surface area contributed by atoms with Crippen LogP contribution in [0.4, 0.5) is 0 Å². The summed E-state index contributed by atoms with van der Waals surface area (Å²) >= 11 is 0. The smallest absolute Gasteiger partial charge is 0.0786 e. The average molecular weight is 110 g/mol. The normalized spacial score (nSPS) is 35.6. The van der Waals surface area contributed by atoms with Crippen molar-refractivity contribution in [3.05, 3.63) is 24.8 Å². The molecule has 44 valence electrons. The fraction of sp³-hybridized carbons (Fsp3) is 0.429. The lowest BCUT2D eigenvalue weighted by molar-refractivity contribution is 0.189. The molecule has 0 aromatic carbocycles. The first kappa shape index (κ1) is 5.57. The molecule has 1 N–H and O–H groups in total. The fourth-order valence-electron chi connectivity index (χ4n) is 0.893. The molecule has 0 bridgehead atoms. The van der Waals surface area contributed by atoms with Crippen LogP contribution in [-0.2, 0) is 0 Å². The van der Waals surface area contributed by atoms with Gasteiger partial charge in [-0.25, -0.2) is 0 Å². The van der Waals surface area contributed by atoms with Gasteiger partial charge >= 0.3 is 0 Å². The van der Waals surface area contributed by atoms with Gasteiger partial charge in [-0.3, -0.25) is 0 Å². The van der Waals surface area contributed by atoms with Gasteiger partial charge in [0.2, 0.25) is 0 Å². The molecule has 0 heterocycles. The maximum absolute atomic E-state index is 9.03. The molecule has 2 atom stereocenters. The van der Waals surface area contributed by atoms with Crippen molar-refractivity contribution >= 4 is 0 Å². The van der Waals surface area contributed by atoms with Crippen LogP contribution in [0.25, 0.3) is 0 Å². The summed E-state index contributed by atoms with van der Waals surface area (Å²) in [7, 11) is 0. The Bertz CT molecular complexity index is 116. The maximum Gasteiger partial charge on any atom is 0.0786 e. The third-order valence-corrected chi connectivity index (χ3v) is 1.48. The Morgan fingerprint density at radius 1 is 1.75 bits per heavy atom. The highest BCUT2D eigenvalue weighted by Crippen LogP contribution is 2.18. The number of allylic oxidation sites excluding steroid dienone is 1. The Labute approximate surface area is 49.3 Å². The van der Waals surface area contributed by atoms with Crippen LogP contribution in [0.2, 0.25) is 0 Å². The second-order valence-electron chi connectivity index (χ2n) is 2.05. The molecule has 0 saturated heterocycles. The highest BCUT2D eigenvalue weighted by Gasteiger charge is 2.15. The Balaban J connectivity index is 2.50. The number of hydrogen-bond donors (Lipinski definition) is 1. The first-order valence-electron chi connectivity index (χ1n) is 2.82. The van der Waals surface area contributed by atoms with Crippen molar-refractivity contribution in [2.75, 3.05) is 0 Å². The summed E-state index contributed by atoms with van der Waals surface area (Å²) in [6, 6.07) is 0. The van der Waals surface area contributed by atoms with E-state index in [0.29, 0.717) is 0 Å². The van der Waals surface area contributed by atoms with E-state index in [4.69, 9.17) is 5.11 Å². The number of hydrogen-bond acceptors (Lipinski definition) is 1. The van der Waals surface area contributed by atoms with E-state index in [1.165, 1.54) is 0 Å². The average Bonchev–Trinajstić information content (AvgIpc) is 2.14. The van der Waals surface area contributed by atoms with E-state index in [1.54, 1.807) is 6.08 Å². The predicted molar refractivity (Wildman–Crippen MR) is 33.5 cm³/mol. The van der Waals surface area contributed by atoms with Crippen LogP contribution in [0.1, 0.15) is 6.42 Å². The van der Waals surface area contributed by atoms with Gasteiger partial charge in [-0.05, 0) is 6.42 Å². The van der Waals surface area contributed by atoms with Crippen molar-refractivity contribution in [3.8, 4) is 0 Å². The van der Waals surface area contributed by atoms with E-state index in [0.717, 1.165) is 6.42 Å². The number of aliphatic hydroxyl groups is 1. The molecule has 1 nitrogen and oxygen atoms in total. The van der Waals surface area contributed by atoms with Crippen molar-refractivity contribution in [3.63, 3.8) is 0 Å². The summed E-state index contributed by atoms with van der Waals surface area (Å²) in [6.07, 6.45) is 6.27. The Kier molecular flexibility index (Phi) is 1.49. The van der Waals surface area contributed by atoms with Crippen LogP contribution in [-0.4, -0.2) is 11.2 Å². The van der Waals surface area contributed by atoms with Crippen molar-refractivity contribution in [1.29, 1.82) is 0 Å². The minimum Gasteiger partial charge on any atom is -0.388 e. The molecule has 1 aliphatic rings. The lowest BCUT2D eigenvalue weighted by atomic mass is 10.1. The van der Waals surface area contributed by atoms with Crippen molar-refractivity contribution < 1.29 is 5.11 Å². The van der Waals surface area contributed by atoms with Gasteiger partial charge in [0.15, 0.2) is 0 Å². The number of rotatable bonds is 1. The van der Waals surface area contributed by atoms with Gasteiger partial charge in [-0.15, -0.1) is 6.58 Å². The van der Waals surface area contributed by atoms with Crippen LogP contribution in [0.5, 0.6) is 0 Å². The molecule has 1 heteroatoms. The Morgan fingerprint density at radius 2 is 2.50 bits per heavy atom. The summed E-state index contributed by atoms with van der Waals surface area (Å²) in [5, 5.41) is 9.03. The maximum atomic E-state index is 9.03. The third kappa shape index (κ3) is 0.819. The van der Waals surface area contributed by atoms with E-state index in [9.17, 15) is 0 Å². The van der Waals surface area contributed by atoms with Crippen molar-refractivity contribution in [2.45, 2.75) is 12.5 Å². The van der Waals surface area contributed by atoms with Crippen LogP contribution >= 0.6 is 0 Å². The third-order valence-electron chi connectivity index (χ3n) is 1.48. The zero-order valence-electron chi connectivity index (χ0n) is 4.75. The fourth-order valence-corrected chi connectivity index (χ4v) is 0.893. The zero-order chi connectivity index (χ0) is 5.98. The van der Waals surface area contributed by atoms with Gasteiger partial charge in [0.25, 0.3) is 0 Å². The molecule has 0 saturated carbocycles. The van der Waals surface area contributed by atoms with Crippen LogP contribution < -0.4 is 0 Å². The van der Waals surface area contributed by atoms with Gasteiger partial charge in [-0.2, -0.15) is 0 Å². The highest BCUT2D eigenvalue weighted by atomic mass is 16.3. The van der Waals surface area contributed by atoms with E-state index in [2.05, 4.69) is 6.58 Å². The van der Waals surface area contributed by atoms with Gasteiger partial charge in [-0.1, -0.05) is 18.2 Å². The highest BCUT2D eigenvalue weighted by molar-refractivity contribution is 5.06. The van der Waals surface area contributed by atoms with E-state index in [1.807, 2.05) is 12.2 Å². The molecule has 1 aliphatic carbocycles. The molecule has 0 aromatic heterocycles. The summed E-state index contributed by atoms with van der Waals surface area (Å²) in [4.78, 5) is 0.